The van der Waals surface area contributed by atoms with Crippen molar-refractivity contribution < 1.29 is 0 Å². The number of anilines is 2. The van der Waals surface area contributed by atoms with Crippen molar-refractivity contribution in [1.82, 2.24) is 0 Å². The zero-order valence-electron chi connectivity index (χ0n) is 10.3. The normalized spacial score (nSPS) is 24.1. The third-order valence-corrected chi connectivity index (χ3v) is 9.69. The van der Waals surface area contributed by atoms with Crippen molar-refractivity contribution in [2.45, 2.75) is 10.0 Å². The molecule has 1 aliphatic heterocycles. The standard InChI is InChI=1S/C16H13NTe2/c1-3-8-14-12(6-1)17(16-10-5-11-18-16)13-7-2-4-9-15(13)19-14/h1-12,14H. The van der Waals surface area contributed by atoms with Gasteiger partial charge in [0.25, 0.3) is 0 Å². The third kappa shape index (κ3) is 2.14. The van der Waals surface area contributed by atoms with Crippen LogP contribution in [0.1, 0.15) is 0 Å². The van der Waals surface area contributed by atoms with Crippen LogP contribution in [0, 0.1) is 0 Å². The van der Waals surface area contributed by atoms with Gasteiger partial charge in [0.2, 0.25) is 0 Å². The van der Waals surface area contributed by atoms with E-state index in [9.17, 15) is 0 Å². The maximum absolute atomic E-state index is 2.62. The number of rotatable bonds is 1. The van der Waals surface area contributed by atoms with Gasteiger partial charge >= 0.3 is 134 Å². The van der Waals surface area contributed by atoms with Gasteiger partial charge in [-0.3, -0.25) is 0 Å². The van der Waals surface area contributed by atoms with E-state index in [0.717, 1.165) is 3.97 Å². The van der Waals surface area contributed by atoms with E-state index in [1.807, 2.05) is 0 Å². The molecule has 1 aromatic carbocycles. The van der Waals surface area contributed by atoms with Gasteiger partial charge in [0.05, 0.1) is 0 Å². The van der Waals surface area contributed by atoms with Gasteiger partial charge in [-0.1, -0.05) is 0 Å². The summed E-state index contributed by atoms with van der Waals surface area (Å²) in [6.07, 6.45) is 9.28. The molecule has 2 heterocycles. The Bertz CT molecular complexity index is 643. The van der Waals surface area contributed by atoms with Crippen LogP contribution in [0.25, 0.3) is 0 Å². The first-order chi connectivity index (χ1) is 9.43. The quantitative estimate of drug-likeness (QED) is 0.575. The Balaban J connectivity index is 1.89. The van der Waals surface area contributed by atoms with Crippen LogP contribution >= 0.6 is 0 Å². The average Bonchev–Trinajstić information content (AvgIpc) is 2.98. The summed E-state index contributed by atoms with van der Waals surface area (Å²) in [6, 6.07) is 14.2. The Morgan fingerprint density at radius 3 is 2.74 bits per heavy atom. The first-order valence-corrected chi connectivity index (χ1v) is 11.4. The second-order valence-electron chi connectivity index (χ2n) is 4.63. The first kappa shape index (κ1) is 12.3. The molecule has 0 N–H and O–H groups in total. The molecule has 0 radical (unpaired) electrons. The van der Waals surface area contributed by atoms with Crippen molar-refractivity contribution in [3.05, 3.63) is 64.8 Å². The predicted molar refractivity (Wildman–Crippen MR) is 83.2 cm³/mol. The van der Waals surface area contributed by atoms with E-state index in [0.29, 0.717) is 6.04 Å². The van der Waals surface area contributed by atoms with Crippen molar-refractivity contribution in [2.75, 3.05) is 4.90 Å². The molecule has 2 aromatic rings. The predicted octanol–water partition coefficient (Wildman–Crippen LogP) is 2.51. The molecule has 0 spiro atoms. The Morgan fingerprint density at radius 1 is 0.947 bits per heavy atom. The van der Waals surface area contributed by atoms with E-state index < -0.39 is 0 Å². The average molecular weight is 474 g/mol. The van der Waals surface area contributed by atoms with Crippen molar-refractivity contribution in [3.8, 4) is 0 Å². The van der Waals surface area contributed by atoms with Crippen LogP contribution in [-0.4, -0.2) is 47.4 Å². The number of allylic oxidation sites excluding steroid dienone is 2. The fraction of sp³-hybridized carbons (Fsp3) is 0.125. The minimum atomic E-state index is -0.130. The van der Waals surface area contributed by atoms with Crippen molar-refractivity contribution >= 4 is 54.4 Å². The van der Waals surface area contributed by atoms with Gasteiger partial charge in [0.15, 0.2) is 0 Å². The number of nitrogens with zero attached hydrogens (tertiary/aromatic N) is 1. The first-order valence-electron chi connectivity index (χ1n) is 6.37. The van der Waals surface area contributed by atoms with Gasteiger partial charge in [0.1, 0.15) is 0 Å². The molecule has 1 aromatic heterocycles. The van der Waals surface area contributed by atoms with Gasteiger partial charge < -0.3 is 0 Å². The molecule has 1 nitrogen and oxygen atoms in total. The van der Waals surface area contributed by atoms with Gasteiger partial charge in [-0.05, 0) is 0 Å². The SMILES string of the molecule is C1=CC2[Te]c3ccccc3N(c3ccc[te]3)C2C=C1. The summed E-state index contributed by atoms with van der Waals surface area (Å²) in [6.45, 7) is 0. The minimum absolute atomic E-state index is 0.120. The Kier molecular flexibility index (Phi) is 3.34. The van der Waals surface area contributed by atoms with Gasteiger partial charge in [-0.15, -0.1) is 0 Å². The Hall–Kier alpha value is -0.441. The third-order valence-electron chi connectivity index (χ3n) is 3.49. The summed E-state index contributed by atoms with van der Waals surface area (Å²) in [5.74, 6) is 0. The number of hydrogen-bond acceptors (Lipinski definition) is 1. The molecule has 0 saturated carbocycles. The summed E-state index contributed by atoms with van der Waals surface area (Å²) in [4.78, 5) is 2.62. The molecule has 2 unspecified atom stereocenters. The molecule has 2 atom stereocenters. The zero-order chi connectivity index (χ0) is 12.7. The maximum atomic E-state index is 2.62. The van der Waals surface area contributed by atoms with Crippen LogP contribution in [0.2, 0.25) is 3.97 Å². The zero-order valence-corrected chi connectivity index (χ0v) is 14.9. The van der Waals surface area contributed by atoms with Crippen LogP contribution in [0.5, 0.6) is 0 Å². The second-order valence-corrected chi connectivity index (χ2v) is 10.8. The molecule has 0 fully saturated rings. The van der Waals surface area contributed by atoms with Crippen molar-refractivity contribution in [2.24, 2.45) is 0 Å². The van der Waals surface area contributed by atoms with Crippen LogP contribution < -0.4 is 8.51 Å². The molecule has 94 valence electrons. The van der Waals surface area contributed by atoms with Gasteiger partial charge in [-0.2, -0.15) is 0 Å². The van der Waals surface area contributed by atoms with E-state index in [1.165, 1.54) is 5.69 Å². The molecule has 1 aliphatic carbocycles. The fourth-order valence-electron chi connectivity index (χ4n) is 2.65. The number of hydrogen-bond donors (Lipinski definition) is 0. The summed E-state index contributed by atoms with van der Waals surface area (Å²) in [5, 5.41) is 0. The molecular formula is C16H13NTe2. The van der Waals surface area contributed by atoms with Crippen LogP contribution in [0.15, 0.2) is 64.8 Å². The summed E-state index contributed by atoms with van der Waals surface area (Å²) >= 11 is -0.250. The van der Waals surface area contributed by atoms with Crippen LogP contribution in [-0.2, 0) is 0 Å². The van der Waals surface area contributed by atoms with Crippen molar-refractivity contribution in [3.63, 3.8) is 0 Å². The van der Waals surface area contributed by atoms with Gasteiger partial charge in [0, 0.05) is 0 Å². The Morgan fingerprint density at radius 2 is 1.84 bits per heavy atom. The Labute approximate surface area is 133 Å². The molecule has 0 amide bonds. The summed E-state index contributed by atoms with van der Waals surface area (Å²) < 4.78 is 6.32. The number of benzene rings is 1. The van der Waals surface area contributed by atoms with Crippen LogP contribution in [0.4, 0.5) is 9.39 Å². The number of para-hydroxylation sites is 1. The number of fused-ring (bicyclic) bond motifs is 2. The van der Waals surface area contributed by atoms with Gasteiger partial charge in [-0.25, -0.2) is 0 Å². The molecule has 0 bridgehead atoms. The molecular weight excluding hydrogens is 461 g/mol. The second kappa shape index (κ2) is 5.16. The molecule has 4 rings (SSSR count). The van der Waals surface area contributed by atoms with Crippen molar-refractivity contribution in [1.29, 1.82) is 0 Å². The van der Waals surface area contributed by atoms with E-state index in [1.54, 1.807) is 7.31 Å². The summed E-state index contributed by atoms with van der Waals surface area (Å²) in [7, 11) is 0. The molecule has 2 aliphatic rings. The van der Waals surface area contributed by atoms with Crippen LogP contribution in [0.3, 0.4) is 0 Å². The topological polar surface area (TPSA) is 3.24 Å². The van der Waals surface area contributed by atoms with E-state index in [-0.39, 0.29) is 41.4 Å². The monoisotopic (exact) mass is 479 g/mol. The summed E-state index contributed by atoms with van der Waals surface area (Å²) in [5.41, 5.74) is 1.48. The molecule has 0 saturated heterocycles. The molecule has 3 heteroatoms. The van der Waals surface area contributed by atoms with E-state index >= 15 is 0 Å². The van der Waals surface area contributed by atoms with E-state index in [2.05, 4.69) is 69.7 Å². The fourth-order valence-corrected chi connectivity index (χ4v) is 8.49. The van der Waals surface area contributed by atoms with E-state index in [4.69, 9.17) is 0 Å². The molecule has 19 heavy (non-hydrogen) atoms.